The van der Waals surface area contributed by atoms with E-state index in [-0.39, 0.29) is 5.91 Å². The quantitative estimate of drug-likeness (QED) is 0.327. The topological polar surface area (TPSA) is 41.1 Å². The molecule has 0 aliphatic carbocycles. The van der Waals surface area contributed by atoms with Crippen LogP contribution in [0.1, 0.15) is 63.1 Å². The fourth-order valence-electron chi connectivity index (χ4n) is 2.64. The third-order valence-electron chi connectivity index (χ3n) is 4.29. The molecular formula is C28H45BN2O. The summed E-state index contributed by atoms with van der Waals surface area (Å²) in [4.78, 5) is 11.7. The van der Waals surface area contributed by atoms with Crippen molar-refractivity contribution < 1.29 is 4.79 Å². The first-order valence-electron chi connectivity index (χ1n) is 11.9. The van der Waals surface area contributed by atoms with E-state index in [0.717, 1.165) is 45.1 Å². The lowest BCUT2D eigenvalue weighted by molar-refractivity contribution is -0.121. The molecule has 0 aliphatic rings. The van der Waals surface area contributed by atoms with Crippen molar-refractivity contribution in [3.05, 3.63) is 84.1 Å². The Bertz CT molecular complexity index is 674. The number of rotatable bonds is 10. The second-order valence-electron chi connectivity index (χ2n) is 7.06. The number of nitrogens with one attached hydrogen (secondary N) is 2. The summed E-state index contributed by atoms with van der Waals surface area (Å²) in [5, 5.41) is 6.05. The van der Waals surface area contributed by atoms with E-state index in [9.17, 15) is 4.79 Å². The predicted molar refractivity (Wildman–Crippen MR) is 143 cm³/mol. The Balaban J connectivity index is 0. The van der Waals surface area contributed by atoms with Gasteiger partial charge in [0, 0.05) is 19.5 Å². The number of carbonyl (C=O) groups excluding carboxylic acids is 1. The van der Waals surface area contributed by atoms with E-state index in [1.54, 1.807) is 6.20 Å². The molecule has 32 heavy (non-hydrogen) atoms. The predicted octanol–water partition coefficient (Wildman–Crippen LogP) is 6.56. The highest BCUT2D eigenvalue weighted by Crippen LogP contribution is 2.07. The number of hydrogen-bond donors (Lipinski definition) is 2. The summed E-state index contributed by atoms with van der Waals surface area (Å²) in [6, 6.07) is 18.6. The van der Waals surface area contributed by atoms with Crippen molar-refractivity contribution >= 4 is 13.8 Å². The molecular weight excluding hydrogens is 391 g/mol. The van der Waals surface area contributed by atoms with Gasteiger partial charge in [-0.25, -0.2) is 0 Å². The van der Waals surface area contributed by atoms with Crippen LogP contribution < -0.4 is 10.6 Å². The molecule has 2 radical (unpaired) electrons. The number of amides is 1. The molecule has 3 nitrogen and oxygen atoms in total. The first-order chi connectivity index (χ1) is 15.5. The first kappa shape index (κ1) is 31.7. The molecule has 2 N–H and O–H groups in total. The van der Waals surface area contributed by atoms with Crippen molar-refractivity contribution in [2.75, 3.05) is 13.1 Å². The molecule has 2 rings (SSSR count). The van der Waals surface area contributed by atoms with E-state index >= 15 is 0 Å². The van der Waals surface area contributed by atoms with Crippen LogP contribution in [-0.2, 0) is 11.2 Å². The minimum atomic E-state index is 0.162. The highest BCUT2D eigenvalue weighted by Gasteiger charge is 2.01. The van der Waals surface area contributed by atoms with Gasteiger partial charge in [-0.15, -0.1) is 0 Å². The zero-order valence-electron chi connectivity index (χ0n) is 21.1. The highest BCUT2D eigenvalue weighted by atomic mass is 16.1. The number of unbranched alkanes of at least 4 members (excludes halogenated alkanes) is 2. The van der Waals surface area contributed by atoms with Crippen LogP contribution in [0.15, 0.2) is 67.4 Å². The lowest BCUT2D eigenvalue weighted by Gasteiger charge is -2.07. The Kier molecular flexibility index (Phi) is 24.5. The Morgan fingerprint density at radius 1 is 0.938 bits per heavy atom. The van der Waals surface area contributed by atoms with Crippen LogP contribution in [0.2, 0.25) is 6.32 Å². The van der Waals surface area contributed by atoms with Gasteiger partial charge in [0.15, 0.2) is 0 Å². The van der Waals surface area contributed by atoms with Crippen LogP contribution in [0.3, 0.4) is 0 Å². The largest absolute Gasteiger partial charge is 0.391 e. The van der Waals surface area contributed by atoms with Gasteiger partial charge in [0.05, 0.1) is 7.85 Å². The van der Waals surface area contributed by atoms with E-state index in [4.69, 9.17) is 7.85 Å². The van der Waals surface area contributed by atoms with E-state index in [1.807, 2.05) is 51.1 Å². The highest BCUT2D eigenvalue weighted by molar-refractivity contribution is 6.08. The third-order valence-corrected chi connectivity index (χ3v) is 4.29. The maximum Gasteiger partial charge on any atom is 0.220 e. The molecule has 0 spiro atoms. The molecule has 0 aliphatic heterocycles. The molecule has 176 valence electrons. The molecule has 2 aromatic carbocycles. The van der Waals surface area contributed by atoms with E-state index in [2.05, 4.69) is 55.3 Å². The van der Waals surface area contributed by atoms with Crippen molar-refractivity contribution in [2.45, 2.75) is 73.0 Å². The van der Waals surface area contributed by atoms with E-state index < -0.39 is 0 Å². The molecule has 0 heterocycles. The molecule has 4 heteroatoms. The van der Waals surface area contributed by atoms with Gasteiger partial charge in [-0.2, -0.15) is 0 Å². The summed E-state index contributed by atoms with van der Waals surface area (Å²) in [7, 11) is 4.85. The molecule has 0 unspecified atom stereocenters. The van der Waals surface area contributed by atoms with E-state index in [0.29, 0.717) is 6.42 Å². The zero-order valence-corrected chi connectivity index (χ0v) is 21.1. The second-order valence-corrected chi connectivity index (χ2v) is 7.06. The average molecular weight is 436 g/mol. The number of aryl methyl sites for hydroxylation is 2. The summed E-state index contributed by atoms with van der Waals surface area (Å²) in [6.07, 6.45) is 7.10. The van der Waals surface area contributed by atoms with E-state index in [1.165, 1.54) is 16.7 Å². The van der Waals surface area contributed by atoms with Crippen LogP contribution in [0.5, 0.6) is 0 Å². The van der Waals surface area contributed by atoms with Gasteiger partial charge in [0.2, 0.25) is 5.91 Å². The minimum Gasteiger partial charge on any atom is -0.391 e. The Morgan fingerprint density at radius 3 is 2.06 bits per heavy atom. The van der Waals surface area contributed by atoms with Gasteiger partial charge in [0.25, 0.3) is 0 Å². The lowest BCUT2D eigenvalue weighted by Crippen LogP contribution is -2.25. The zero-order chi connectivity index (χ0) is 24.5. The molecule has 1 amide bonds. The van der Waals surface area contributed by atoms with Crippen LogP contribution >= 0.6 is 0 Å². The molecule has 0 bridgehead atoms. The molecule has 0 saturated heterocycles. The van der Waals surface area contributed by atoms with Crippen molar-refractivity contribution in [2.24, 2.45) is 0 Å². The van der Waals surface area contributed by atoms with Crippen LogP contribution in [-0.4, -0.2) is 26.8 Å². The van der Waals surface area contributed by atoms with Crippen LogP contribution in [0.25, 0.3) is 0 Å². The van der Waals surface area contributed by atoms with Gasteiger partial charge < -0.3 is 10.6 Å². The molecule has 2 aromatic rings. The van der Waals surface area contributed by atoms with Crippen molar-refractivity contribution in [3.8, 4) is 0 Å². The second kappa shape index (κ2) is 24.8. The van der Waals surface area contributed by atoms with Crippen molar-refractivity contribution in [1.29, 1.82) is 0 Å². The maximum atomic E-state index is 11.7. The minimum absolute atomic E-state index is 0.162. The maximum absolute atomic E-state index is 11.7. The van der Waals surface area contributed by atoms with Crippen molar-refractivity contribution in [3.63, 3.8) is 0 Å². The molecule has 0 atom stereocenters. The summed E-state index contributed by atoms with van der Waals surface area (Å²) >= 11 is 0. The molecule has 0 fully saturated rings. The SMILES string of the molecule is C=CNCCCCCC(=O)NCCc1ccccc1C.CC.Cc1ccccc1.[B]CC. The van der Waals surface area contributed by atoms with Gasteiger partial charge in [-0.1, -0.05) is 100 Å². The number of benzene rings is 2. The summed E-state index contributed by atoms with van der Waals surface area (Å²) < 4.78 is 0. The fraction of sp³-hybridized carbons (Fsp3) is 0.464. The smallest absolute Gasteiger partial charge is 0.220 e. The lowest BCUT2D eigenvalue weighted by atomic mass is 10.1. The normalized spacial score (nSPS) is 8.91. The monoisotopic (exact) mass is 436 g/mol. The Hall–Kier alpha value is -2.49. The van der Waals surface area contributed by atoms with Gasteiger partial charge in [-0.05, 0) is 50.4 Å². The van der Waals surface area contributed by atoms with Crippen LogP contribution in [0.4, 0.5) is 0 Å². The Morgan fingerprint density at radius 2 is 1.53 bits per heavy atom. The summed E-state index contributed by atoms with van der Waals surface area (Å²) in [5.74, 6) is 0.162. The average Bonchev–Trinajstić information content (AvgIpc) is 2.80. The van der Waals surface area contributed by atoms with Gasteiger partial charge >= 0.3 is 0 Å². The Labute approximate surface area is 199 Å². The summed E-state index contributed by atoms with van der Waals surface area (Å²) in [5.41, 5.74) is 3.92. The first-order valence-corrected chi connectivity index (χ1v) is 11.9. The molecule has 0 saturated carbocycles. The standard InChI is InChI=1S/C17H26N2O.C7H8.C2H5B.C2H6/c1-3-18-13-8-4-5-11-17(20)19-14-12-16-10-7-6-9-15(16)2;1-7-5-3-2-4-6-7;1-2-3;1-2/h3,6-7,9-10,18H,1,4-5,8,11-14H2,2H3,(H,19,20);2-6H,1H3;2H2,1H3;1-2H3. The number of carbonyl (C=O) groups is 1. The van der Waals surface area contributed by atoms with Gasteiger partial charge in [0.1, 0.15) is 0 Å². The molecule has 0 aromatic heterocycles. The number of hydrogen-bond acceptors (Lipinski definition) is 2. The van der Waals surface area contributed by atoms with Crippen LogP contribution in [0, 0.1) is 13.8 Å². The third kappa shape index (κ3) is 20.8. The fourth-order valence-corrected chi connectivity index (χ4v) is 2.64. The van der Waals surface area contributed by atoms with Crippen molar-refractivity contribution in [1.82, 2.24) is 10.6 Å². The summed E-state index contributed by atoms with van der Waals surface area (Å²) in [6.45, 7) is 15.4. The van der Waals surface area contributed by atoms with Gasteiger partial charge in [-0.3, -0.25) is 4.79 Å².